The third-order valence-electron chi connectivity index (χ3n) is 3.55. The third-order valence-corrected chi connectivity index (χ3v) is 4.41. The van der Waals surface area contributed by atoms with Crippen LogP contribution in [-0.2, 0) is 11.3 Å². The molecule has 1 amide bonds. The lowest BCUT2D eigenvalue weighted by Gasteiger charge is -2.16. The van der Waals surface area contributed by atoms with Gasteiger partial charge in [0.25, 0.3) is 0 Å². The van der Waals surface area contributed by atoms with Gasteiger partial charge in [0.1, 0.15) is 5.82 Å². The average Bonchev–Trinajstić information content (AvgIpc) is 3.09. The maximum absolute atomic E-state index is 13.1. The van der Waals surface area contributed by atoms with Crippen LogP contribution in [0.25, 0.3) is 11.3 Å². The molecule has 128 valence electrons. The van der Waals surface area contributed by atoms with E-state index in [-0.39, 0.29) is 17.5 Å². The Morgan fingerprint density at radius 3 is 2.68 bits per heavy atom. The monoisotopic (exact) mass is 357 g/mol. The Labute approximate surface area is 148 Å². The Balaban J connectivity index is 1.63. The van der Waals surface area contributed by atoms with Gasteiger partial charge in [-0.05, 0) is 30.3 Å². The number of hydrogen-bond acceptors (Lipinski definition) is 5. The highest BCUT2D eigenvalue weighted by Gasteiger charge is 2.15. The Hall–Kier alpha value is -2.74. The van der Waals surface area contributed by atoms with Crippen molar-refractivity contribution in [3.05, 3.63) is 60.3 Å². The second kappa shape index (κ2) is 7.89. The lowest BCUT2D eigenvalue weighted by molar-refractivity contribution is -0.127. The summed E-state index contributed by atoms with van der Waals surface area (Å²) in [6.07, 6.45) is 4.96. The van der Waals surface area contributed by atoms with Crippen molar-refractivity contribution in [3.63, 3.8) is 0 Å². The minimum atomic E-state index is -0.294. The van der Waals surface area contributed by atoms with Crippen molar-refractivity contribution in [2.24, 2.45) is 0 Å². The molecule has 1 N–H and O–H groups in total. The van der Waals surface area contributed by atoms with E-state index < -0.39 is 0 Å². The minimum absolute atomic E-state index is 0.0382. The number of rotatable bonds is 6. The van der Waals surface area contributed by atoms with Gasteiger partial charge in [-0.2, -0.15) is 5.10 Å². The molecule has 0 saturated carbocycles. The molecule has 0 bridgehead atoms. The summed E-state index contributed by atoms with van der Waals surface area (Å²) in [7, 11) is 1.73. The molecule has 0 unspecified atom stereocenters. The van der Waals surface area contributed by atoms with Crippen molar-refractivity contribution < 1.29 is 9.18 Å². The van der Waals surface area contributed by atoms with Gasteiger partial charge in [0.2, 0.25) is 5.91 Å². The smallest absolute Gasteiger partial charge is 0.233 e. The number of carbonyl (C=O) groups is 1. The summed E-state index contributed by atoms with van der Waals surface area (Å²) in [5.74, 6) is -0.0782. The fourth-order valence-electron chi connectivity index (χ4n) is 2.24. The molecular weight excluding hydrogens is 341 g/mol. The molecule has 0 aliphatic carbocycles. The van der Waals surface area contributed by atoms with Crippen molar-refractivity contribution in [3.8, 4) is 11.3 Å². The van der Waals surface area contributed by atoms with E-state index in [0.717, 1.165) is 16.8 Å². The molecule has 1 aromatic carbocycles. The first kappa shape index (κ1) is 17.1. The number of nitrogens with one attached hydrogen (secondary N) is 1. The van der Waals surface area contributed by atoms with Crippen LogP contribution in [0.2, 0.25) is 0 Å². The van der Waals surface area contributed by atoms with Crippen molar-refractivity contribution in [2.75, 3.05) is 12.8 Å². The van der Waals surface area contributed by atoms with Crippen LogP contribution < -0.4 is 0 Å². The van der Waals surface area contributed by atoms with Crippen LogP contribution in [-0.4, -0.2) is 43.8 Å². The molecular formula is C17H16FN5OS. The molecule has 8 heteroatoms. The van der Waals surface area contributed by atoms with Gasteiger partial charge >= 0.3 is 0 Å². The summed E-state index contributed by atoms with van der Waals surface area (Å²) in [4.78, 5) is 22.1. The number of hydrogen-bond donors (Lipinski definition) is 1. The molecule has 2 aromatic heterocycles. The van der Waals surface area contributed by atoms with E-state index in [2.05, 4.69) is 20.2 Å². The number of aromatic nitrogens is 4. The zero-order valence-electron chi connectivity index (χ0n) is 13.5. The molecule has 0 aliphatic rings. The first-order valence-corrected chi connectivity index (χ1v) is 8.54. The van der Waals surface area contributed by atoms with Gasteiger partial charge in [-0.1, -0.05) is 11.8 Å². The van der Waals surface area contributed by atoms with E-state index in [1.54, 1.807) is 48.7 Å². The summed E-state index contributed by atoms with van der Waals surface area (Å²) in [6.45, 7) is 0.401. The van der Waals surface area contributed by atoms with Gasteiger partial charge in [-0.15, -0.1) is 0 Å². The molecule has 25 heavy (non-hydrogen) atoms. The highest BCUT2D eigenvalue weighted by molar-refractivity contribution is 7.99. The van der Waals surface area contributed by atoms with Gasteiger partial charge in [-0.25, -0.2) is 14.4 Å². The molecule has 0 radical (unpaired) electrons. The normalized spacial score (nSPS) is 10.6. The summed E-state index contributed by atoms with van der Waals surface area (Å²) in [5, 5.41) is 7.52. The first-order chi connectivity index (χ1) is 12.1. The van der Waals surface area contributed by atoms with Crippen LogP contribution in [0.15, 0.2) is 54.1 Å². The second-order valence-corrected chi connectivity index (χ2v) is 6.29. The maximum atomic E-state index is 13.1. The van der Waals surface area contributed by atoms with Crippen molar-refractivity contribution in [1.82, 2.24) is 25.1 Å². The lowest BCUT2D eigenvalue weighted by Crippen LogP contribution is -2.27. The highest BCUT2D eigenvalue weighted by Crippen LogP contribution is 2.22. The van der Waals surface area contributed by atoms with Crippen molar-refractivity contribution >= 4 is 17.7 Å². The number of benzene rings is 1. The van der Waals surface area contributed by atoms with Gasteiger partial charge in [0, 0.05) is 37.1 Å². The van der Waals surface area contributed by atoms with Crippen LogP contribution in [0.5, 0.6) is 0 Å². The number of amides is 1. The molecule has 3 rings (SSSR count). The second-order valence-electron chi connectivity index (χ2n) is 5.35. The number of H-pyrrole nitrogens is 1. The quantitative estimate of drug-likeness (QED) is 0.542. The maximum Gasteiger partial charge on any atom is 0.233 e. The van der Waals surface area contributed by atoms with Gasteiger partial charge in [-0.3, -0.25) is 9.89 Å². The molecule has 0 spiro atoms. The average molecular weight is 357 g/mol. The number of aromatic amines is 1. The molecule has 0 fully saturated rings. The summed E-state index contributed by atoms with van der Waals surface area (Å²) in [6, 6.07) is 7.87. The SMILES string of the molecule is CN(Cc1cn[nH]c1-c1ccc(F)cc1)C(=O)CSc1ncccn1. The Kier molecular flexibility index (Phi) is 5.39. The molecule has 2 heterocycles. The molecule has 6 nitrogen and oxygen atoms in total. The van der Waals surface area contributed by atoms with E-state index in [1.807, 2.05) is 0 Å². The number of nitrogens with zero attached hydrogens (tertiary/aromatic N) is 4. The molecule has 0 aliphatic heterocycles. The van der Waals surface area contributed by atoms with E-state index in [9.17, 15) is 9.18 Å². The van der Waals surface area contributed by atoms with Gasteiger partial charge in [0.05, 0.1) is 17.6 Å². The number of thioether (sulfide) groups is 1. The van der Waals surface area contributed by atoms with Crippen molar-refractivity contribution in [2.45, 2.75) is 11.7 Å². The molecule has 0 atom stereocenters. The van der Waals surface area contributed by atoms with E-state index in [1.165, 1.54) is 23.9 Å². The predicted molar refractivity (Wildman–Crippen MR) is 93.2 cm³/mol. The molecule has 0 saturated heterocycles. The fraction of sp³-hybridized carbons (Fsp3) is 0.176. The minimum Gasteiger partial charge on any atom is -0.341 e. The van der Waals surface area contributed by atoms with Crippen LogP contribution in [0.3, 0.4) is 0 Å². The summed E-state index contributed by atoms with van der Waals surface area (Å²) < 4.78 is 13.1. The van der Waals surface area contributed by atoms with Crippen LogP contribution in [0.4, 0.5) is 4.39 Å². The Morgan fingerprint density at radius 1 is 1.24 bits per heavy atom. The standard InChI is InChI=1S/C17H16FN5OS/c1-23(15(24)11-25-17-19-7-2-8-20-17)10-13-9-21-22-16(13)12-3-5-14(18)6-4-12/h2-9H,10-11H2,1H3,(H,21,22). The highest BCUT2D eigenvalue weighted by atomic mass is 32.2. The van der Waals surface area contributed by atoms with E-state index >= 15 is 0 Å². The Morgan fingerprint density at radius 2 is 1.96 bits per heavy atom. The Bertz CT molecular complexity index is 838. The zero-order chi connectivity index (χ0) is 17.6. The first-order valence-electron chi connectivity index (χ1n) is 7.55. The largest absolute Gasteiger partial charge is 0.341 e. The topological polar surface area (TPSA) is 74.8 Å². The van der Waals surface area contributed by atoms with Crippen LogP contribution in [0, 0.1) is 5.82 Å². The van der Waals surface area contributed by atoms with Gasteiger partial charge < -0.3 is 4.90 Å². The fourth-order valence-corrected chi connectivity index (χ4v) is 2.98. The lowest BCUT2D eigenvalue weighted by atomic mass is 10.1. The third kappa shape index (κ3) is 4.42. The number of carbonyl (C=O) groups excluding carboxylic acids is 1. The number of halogens is 1. The van der Waals surface area contributed by atoms with Crippen molar-refractivity contribution in [1.29, 1.82) is 0 Å². The van der Waals surface area contributed by atoms with Crippen LogP contribution in [0.1, 0.15) is 5.56 Å². The van der Waals surface area contributed by atoms with E-state index in [4.69, 9.17) is 0 Å². The summed E-state index contributed by atoms with van der Waals surface area (Å²) >= 11 is 1.29. The predicted octanol–water partition coefficient (Wildman–Crippen LogP) is 2.76. The van der Waals surface area contributed by atoms with E-state index in [0.29, 0.717) is 11.7 Å². The summed E-state index contributed by atoms with van der Waals surface area (Å²) in [5.41, 5.74) is 2.46. The van der Waals surface area contributed by atoms with Crippen LogP contribution >= 0.6 is 11.8 Å². The zero-order valence-corrected chi connectivity index (χ0v) is 14.3. The molecule has 3 aromatic rings. The van der Waals surface area contributed by atoms with Gasteiger partial charge in [0.15, 0.2) is 5.16 Å².